The number of hydrogen-bond acceptors (Lipinski definition) is 5. The summed E-state index contributed by atoms with van der Waals surface area (Å²) in [5.41, 5.74) is -0.961. The van der Waals surface area contributed by atoms with Crippen LogP contribution in [0.2, 0.25) is 0 Å². The molecule has 1 heterocycles. The zero-order valence-corrected chi connectivity index (χ0v) is 11.7. The number of carbonyl (C=O) groups excluding carboxylic acids is 2. The van der Waals surface area contributed by atoms with Crippen molar-refractivity contribution in [3.05, 3.63) is 24.3 Å². The number of carboxylic acids is 1. The predicted molar refractivity (Wildman–Crippen MR) is 73.9 cm³/mol. The quantitative estimate of drug-likeness (QED) is 0.784. The molecule has 1 saturated heterocycles. The third kappa shape index (κ3) is 2.67. The molecule has 112 valence electrons. The van der Waals surface area contributed by atoms with Gasteiger partial charge in [-0.05, 0) is 38.1 Å². The number of hydrogen-bond donors (Lipinski definition) is 2. The van der Waals surface area contributed by atoms with Gasteiger partial charge in [0.15, 0.2) is 0 Å². The molecule has 0 unspecified atom stereocenters. The van der Waals surface area contributed by atoms with Gasteiger partial charge in [-0.1, -0.05) is 0 Å². The van der Waals surface area contributed by atoms with Crippen LogP contribution in [0, 0.1) is 0 Å². The molecule has 0 aromatic heterocycles. The fourth-order valence-corrected chi connectivity index (χ4v) is 2.23. The van der Waals surface area contributed by atoms with Gasteiger partial charge >= 0.3 is 5.97 Å². The van der Waals surface area contributed by atoms with Gasteiger partial charge in [0.1, 0.15) is 11.3 Å². The molecule has 0 bridgehead atoms. The van der Waals surface area contributed by atoms with Crippen LogP contribution < -0.4 is 4.90 Å². The highest BCUT2D eigenvalue weighted by molar-refractivity contribution is 6.06. The van der Waals surface area contributed by atoms with Crippen LogP contribution in [0.5, 0.6) is 5.75 Å². The number of rotatable bonds is 3. The van der Waals surface area contributed by atoms with Crippen molar-refractivity contribution < 1.29 is 24.6 Å². The standard InChI is InChI=1S/C14H16N2O5/c1-14(2,13(20)21)16-11(18)7-15(8-12(16)19)9-3-5-10(17)6-4-9/h3-6,17H,7-8H2,1-2H3,(H,20,21). The van der Waals surface area contributed by atoms with Crippen LogP contribution in [0.15, 0.2) is 24.3 Å². The molecule has 0 atom stereocenters. The topological polar surface area (TPSA) is 98.2 Å². The number of amides is 2. The van der Waals surface area contributed by atoms with Crippen LogP contribution in [-0.4, -0.2) is 51.5 Å². The first-order valence-electron chi connectivity index (χ1n) is 6.36. The van der Waals surface area contributed by atoms with Gasteiger partial charge in [0.05, 0.1) is 13.1 Å². The minimum absolute atomic E-state index is 0.0852. The van der Waals surface area contributed by atoms with Crippen molar-refractivity contribution in [2.24, 2.45) is 0 Å². The molecule has 1 aliphatic heterocycles. The largest absolute Gasteiger partial charge is 0.508 e. The van der Waals surface area contributed by atoms with Gasteiger partial charge in [-0.15, -0.1) is 0 Å². The Morgan fingerprint density at radius 1 is 1.10 bits per heavy atom. The first kappa shape index (κ1) is 14.8. The lowest BCUT2D eigenvalue weighted by Gasteiger charge is -2.40. The van der Waals surface area contributed by atoms with Gasteiger partial charge in [-0.2, -0.15) is 0 Å². The van der Waals surface area contributed by atoms with E-state index in [-0.39, 0.29) is 18.8 Å². The number of carboxylic acid groups (broad SMARTS) is 1. The Labute approximate surface area is 121 Å². The highest BCUT2D eigenvalue weighted by Crippen LogP contribution is 2.24. The number of aliphatic carboxylic acids is 1. The second kappa shape index (κ2) is 5.08. The fraction of sp³-hybridized carbons (Fsp3) is 0.357. The lowest BCUT2D eigenvalue weighted by atomic mass is 10.0. The third-order valence-electron chi connectivity index (χ3n) is 3.45. The fourth-order valence-electron chi connectivity index (χ4n) is 2.23. The summed E-state index contributed by atoms with van der Waals surface area (Å²) in [5.74, 6) is -2.28. The average molecular weight is 292 g/mol. The summed E-state index contributed by atoms with van der Waals surface area (Å²) in [6.45, 7) is 2.46. The first-order chi connectivity index (χ1) is 9.73. The molecule has 1 fully saturated rings. The van der Waals surface area contributed by atoms with Crippen molar-refractivity contribution in [3.63, 3.8) is 0 Å². The van der Waals surface area contributed by atoms with Crippen LogP contribution >= 0.6 is 0 Å². The maximum absolute atomic E-state index is 12.2. The maximum atomic E-state index is 12.2. The molecule has 21 heavy (non-hydrogen) atoms. The van der Waals surface area contributed by atoms with Crippen molar-refractivity contribution in [1.29, 1.82) is 0 Å². The van der Waals surface area contributed by atoms with Crippen molar-refractivity contribution in [2.45, 2.75) is 19.4 Å². The molecule has 1 aromatic rings. The Kier molecular flexibility index (Phi) is 3.59. The van der Waals surface area contributed by atoms with Crippen molar-refractivity contribution in [3.8, 4) is 5.75 Å². The summed E-state index contributed by atoms with van der Waals surface area (Å²) in [6, 6.07) is 6.09. The molecule has 0 spiro atoms. The second-order valence-electron chi connectivity index (χ2n) is 5.36. The summed E-state index contributed by atoms with van der Waals surface area (Å²) >= 11 is 0. The SMILES string of the molecule is CC(C)(C(=O)O)N1C(=O)CN(c2ccc(O)cc2)CC1=O. The maximum Gasteiger partial charge on any atom is 0.329 e. The minimum atomic E-state index is -1.57. The zero-order chi connectivity index (χ0) is 15.8. The predicted octanol–water partition coefficient (Wildman–Crippen LogP) is 0.431. The van der Waals surface area contributed by atoms with E-state index in [1.54, 1.807) is 17.0 Å². The molecule has 2 rings (SSSR count). The Morgan fingerprint density at radius 2 is 1.57 bits per heavy atom. The second-order valence-corrected chi connectivity index (χ2v) is 5.36. The molecule has 7 heteroatoms. The van der Waals surface area contributed by atoms with E-state index in [1.807, 2.05) is 0 Å². The molecule has 1 aromatic carbocycles. The molecule has 0 saturated carbocycles. The number of aromatic hydroxyl groups is 1. The number of piperazine rings is 1. The van der Waals surface area contributed by atoms with Crippen molar-refractivity contribution in [1.82, 2.24) is 4.90 Å². The summed E-state index contributed by atoms with van der Waals surface area (Å²) in [4.78, 5) is 37.9. The lowest BCUT2D eigenvalue weighted by Crippen LogP contribution is -2.63. The number of carbonyl (C=O) groups is 3. The first-order valence-corrected chi connectivity index (χ1v) is 6.36. The smallest absolute Gasteiger partial charge is 0.329 e. The van der Waals surface area contributed by atoms with Gasteiger partial charge in [-0.3, -0.25) is 14.5 Å². The molecule has 0 radical (unpaired) electrons. The molecule has 2 amide bonds. The van der Waals surface area contributed by atoms with E-state index in [9.17, 15) is 19.5 Å². The number of phenolic OH excluding ortho intramolecular Hbond substituents is 1. The van der Waals surface area contributed by atoms with E-state index >= 15 is 0 Å². The van der Waals surface area contributed by atoms with E-state index in [4.69, 9.17) is 5.11 Å². The average Bonchev–Trinajstić information content (AvgIpc) is 2.38. The van der Waals surface area contributed by atoms with E-state index in [0.29, 0.717) is 5.69 Å². The van der Waals surface area contributed by atoms with Gasteiger partial charge in [-0.25, -0.2) is 4.79 Å². The van der Waals surface area contributed by atoms with Crippen LogP contribution in [-0.2, 0) is 14.4 Å². The Balaban J connectivity index is 2.23. The summed E-state index contributed by atoms with van der Waals surface area (Å²) in [5, 5.41) is 18.4. The van der Waals surface area contributed by atoms with Gasteiger partial charge in [0, 0.05) is 5.69 Å². The van der Waals surface area contributed by atoms with Gasteiger partial charge in [0.25, 0.3) is 0 Å². The monoisotopic (exact) mass is 292 g/mol. The van der Waals surface area contributed by atoms with Crippen molar-refractivity contribution >= 4 is 23.5 Å². The summed E-state index contributed by atoms with van der Waals surface area (Å²) < 4.78 is 0. The van der Waals surface area contributed by atoms with E-state index in [1.165, 1.54) is 26.0 Å². The number of nitrogens with zero attached hydrogens (tertiary/aromatic N) is 2. The molecule has 1 aliphatic rings. The Bertz CT molecular complexity index is 576. The third-order valence-corrected chi connectivity index (χ3v) is 3.45. The minimum Gasteiger partial charge on any atom is -0.508 e. The molecule has 2 N–H and O–H groups in total. The van der Waals surface area contributed by atoms with Gasteiger partial charge < -0.3 is 15.1 Å². The van der Waals surface area contributed by atoms with Gasteiger partial charge in [0.2, 0.25) is 11.8 Å². The highest BCUT2D eigenvalue weighted by Gasteiger charge is 2.45. The van der Waals surface area contributed by atoms with Crippen LogP contribution in [0.25, 0.3) is 0 Å². The molecule has 7 nitrogen and oxygen atoms in total. The Hall–Kier alpha value is -2.57. The highest BCUT2D eigenvalue weighted by atomic mass is 16.4. The molecular formula is C14H16N2O5. The zero-order valence-electron chi connectivity index (χ0n) is 11.7. The van der Waals surface area contributed by atoms with Crippen LogP contribution in [0.4, 0.5) is 5.69 Å². The van der Waals surface area contributed by atoms with E-state index < -0.39 is 23.3 Å². The van der Waals surface area contributed by atoms with E-state index in [2.05, 4.69) is 0 Å². The van der Waals surface area contributed by atoms with Crippen LogP contribution in [0.1, 0.15) is 13.8 Å². The van der Waals surface area contributed by atoms with Crippen molar-refractivity contribution in [2.75, 3.05) is 18.0 Å². The normalized spacial score (nSPS) is 16.3. The van der Waals surface area contributed by atoms with Crippen LogP contribution in [0.3, 0.4) is 0 Å². The summed E-state index contributed by atoms with van der Waals surface area (Å²) in [7, 11) is 0. The molecular weight excluding hydrogens is 276 g/mol. The molecule has 0 aliphatic carbocycles. The Morgan fingerprint density at radius 3 is 2.00 bits per heavy atom. The number of phenols is 1. The number of imide groups is 1. The number of benzene rings is 1. The summed E-state index contributed by atoms with van der Waals surface area (Å²) in [6.07, 6.45) is 0. The van der Waals surface area contributed by atoms with E-state index in [0.717, 1.165) is 4.90 Å². The lowest BCUT2D eigenvalue weighted by molar-refractivity contribution is -0.164. The number of anilines is 1.